The lowest BCUT2D eigenvalue weighted by molar-refractivity contribution is -0.134. The fourth-order valence-corrected chi connectivity index (χ4v) is 2.12. The minimum Gasteiger partial charge on any atom is -0.453 e. The highest BCUT2D eigenvalue weighted by Gasteiger charge is 2.26. The number of ether oxygens (including phenoxy) is 1. The zero-order chi connectivity index (χ0) is 16.8. The highest BCUT2D eigenvalue weighted by molar-refractivity contribution is 5.78. The molecule has 0 aromatic rings. The molecule has 1 rings (SSSR count). The summed E-state index contributed by atoms with van der Waals surface area (Å²) in [4.78, 5) is 26.8. The van der Waals surface area contributed by atoms with Crippen LogP contribution in [-0.2, 0) is 9.53 Å². The molecule has 1 saturated heterocycles. The molecule has 1 aliphatic heterocycles. The van der Waals surface area contributed by atoms with E-state index < -0.39 is 0 Å². The number of amides is 2. The fraction of sp³-hybridized carbons (Fsp3) is 0.875. The third kappa shape index (κ3) is 7.93. The van der Waals surface area contributed by atoms with Gasteiger partial charge >= 0.3 is 6.09 Å². The molecule has 1 aliphatic rings. The number of nitrogens with zero attached hydrogens (tertiary/aromatic N) is 2. The van der Waals surface area contributed by atoms with Crippen LogP contribution in [0.3, 0.4) is 0 Å². The number of likely N-dealkylation sites (tertiary alicyclic amines) is 1. The fourth-order valence-electron chi connectivity index (χ4n) is 2.12. The van der Waals surface area contributed by atoms with Crippen molar-refractivity contribution in [1.29, 1.82) is 0 Å². The summed E-state index contributed by atoms with van der Waals surface area (Å²) in [7, 11) is 3.21. The van der Waals surface area contributed by atoms with E-state index in [4.69, 9.17) is 4.74 Å². The Hall–Kier alpha value is -1.26. The van der Waals surface area contributed by atoms with Crippen molar-refractivity contribution >= 4 is 12.0 Å². The van der Waals surface area contributed by atoms with E-state index in [-0.39, 0.29) is 17.9 Å². The first kappa shape index (κ1) is 22.0. The largest absolute Gasteiger partial charge is 0.453 e. The van der Waals surface area contributed by atoms with Crippen LogP contribution in [0.1, 0.15) is 53.9 Å². The standard InChI is InChI=1S/C12H22N2O3.2C2H6/c1-4-13(2)11(15)10-6-5-8-14(9-7-10)12(16)17-3;2*1-2/h10H,4-9H2,1-3H3;2*1-2H3. The van der Waals surface area contributed by atoms with E-state index >= 15 is 0 Å². The highest BCUT2D eigenvalue weighted by atomic mass is 16.5. The van der Waals surface area contributed by atoms with E-state index in [9.17, 15) is 9.59 Å². The van der Waals surface area contributed by atoms with Crippen LogP contribution in [0.2, 0.25) is 0 Å². The van der Waals surface area contributed by atoms with Gasteiger partial charge in [0.1, 0.15) is 0 Å². The Kier molecular flexibility index (Phi) is 14.4. The van der Waals surface area contributed by atoms with Crippen LogP contribution in [0.4, 0.5) is 4.79 Å². The van der Waals surface area contributed by atoms with Crippen molar-refractivity contribution in [1.82, 2.24) is 9.80 Å². The average Bonchev–Trinajstić information content (AvgIpc) is 2.82. The Labute approximate surface area is 130 Å². The molecule has 0 radical (unpaired) electrons. The second kappa shape index (κ2) is 13.7. The number of carbonyl (C=O) groups excluding carboxylic acids is 2. The van der Waals surface area contributed by atoms with Crippen LogP contribution in [0.5, 0.6) is 0 Å². The summed E-state index contributed by atoms with van der Waals surface area (Å²) < 4.78 is 4.70. The van der Waals surface area contributed by atoms with Crippen LogP contribution >= 0.6 is 0 Å². The highest BCUT2D eigenvalue weighted by Crippen LogP contribution is 2.19. The van der Waals surface area contributed by atoms with Crippen LogP contribution in [0.25, 0.3) is 0 Å². The van der Waals surface area contributed by atoms with Gasteiger partial charge in [0.2, 0.25) is 5.91 Å². The van der Waals surface area contributed by atoms with Crippen molar-refractivity contribution in [3.8, 4) is 0 Å². The first-order chi connectivity index (χ1) is 10.1. The predicted octanol–water partition coefficient (Wildman–Crippen LogP) is 3.39. The first-order valence-electron chi connectivity index (χ1n) is 8.18. The minimum atomic E-state index is -0.290. The minimum absolute atomic E-state index is 0.0506. The van der Waals surface area contributed by atoms with E-state index in [0.29, 0.717) is 13.1 Å². The normalized spacial score (nSPS) is 17.3. The summed E-state index contributed by atoms with van der Waals surface area (Å²) in [6.45, 7) is 12.0. The molecule has 0 saturated carbocycles. The molecule has 126 valence electrons. The van der Waals surface area contributed by atoms with Gasteiger partial charge in [0.15, 0.2) is 0 Å². The molecular formula is C16H34N2O3. The Morgan fingerprint density at radius 2 is 1.71 bits per heavy atom. The zero-order valence-corrected chi connectivity index (χ0v) is 14.9. The van der Waals surface area contributed by atoms with Crippen LogP contribution in [0, 0.1) is 5.92 Å². The quantitative estimate of drug-likeness (QED) is 0.785. The summed E-state index contributed by atoms with van der Waals surface area (Å²) in [5.41, 5.74) is 0. The Bertz CT molecular complexity index is 283. The van der Waals surface area contributed by atoms with Crippen LogP contribution in [0.15, 0.2) is 0 Å². The molecule has 5 heteroatoms. The first-order valence-corrected chi connectivity index (χ1v) is 8.18. The average molecular weight is 302 g/mol. The third-order valence-electron chi connectivity index (χ3n) is 3.36. The van der Waals surface area contributed by atoms with Gasteiger partial charge < -0.3 is 14.5 Å². The molecule has 1 unspecified atom stereocenters. The van der Waals surface area contributed by atoms with Gasteiger partial charge in [-0.05, 0) is 26.2 Å². The number of rotatable bonds is 2. The molecule has 2 amide bonds. The second-order valence-electron chi connectivity index (χ2n) is 4.44. The third-order valence-corrected chi connectivity index (χ3v) is 3.36. The molecule has 1 fully saturated rings. The van der Waals surface area contributed by atoms with Crippen LogP contribution < -0.4 is 0 Å². The predicted molar refractivity (Wildman–Crippen MR) is 87.3 cm³/mol. The van der Waals surface area contributed by atoms with E-state index in [0.717, 1.165) is 25.8 Å². The van der Waals surface area contributed by atoms with E-state index in [1.807, 2.05) is 41.7 Å². The van der Waals surface area contributed by atoms with E-state index in [2.05, 4.69) is 0 Å². The van der Waals surface area contributed by atoms with Gasteiger partial charge in [-0.3, -0.25) is 4.79 Å². The number of hydrogen-bond acceptors (Lipinski definition) is 3. The molecule has 0 aromatic heterocycles. The van der Waals surface area contributed by atoms with Gasteiger partial charge in [0.25, 0.3) is 0 Å². The maximum atomic E-state index is 12.0. The van der Waals surface area contributed by atoms with Crippen molar-refractivity contribution in [3.63, 3.8) is 0 Å². The molecule has 0 aliphatic carbocycles. The molecule has 0 spiro atoms. The van der Waals surface area contributed by atoms with Crippen LogP contribution in [-0.4, -0.2) is 55.6 Å². The van der Waals surface area contributed by atoms with Gasteiger partial charge in [-0.15, -0.1) is 0 Å². The number of carbonyl (C=O) groups is 2. The van der Waals surface area contributed by atoms with Gasteiger partial charge in [-0.1, -0.05) is 27.7 Å². The second-order valence-corrected chi connectivity index (χ2v) is 4.44. The molecule has 1 atom stereocenters. The van der Waals surface area contributed by atoms with Crippen molar-refractivity contribution in [2.24, 2.45) is 5.92 Å². The molecular weight excluding hydrogens is 268 g/mol. The lowest BCUT2D eigenvalue weighted by Gasteiger charge is -2.21. The Balaban J connectivity index is 0. The molecule has 0 bridgehead atoms. The molecule has 0 aromatic carbocycles. The van der Waals surface area contributed by atoms with Crippen molar-refractivity contribution < 1.29 is 14.3 Å². The molecule has 1 heterocycles. The summed E-state index contributed by atoms with van der Waals surface area (Å²) in [6, 6.07) is 0. The smallest absolute Gasteiger partial charge is 0.409 e. The summed E-state index contributed by atoms with van der Waals surface area (Å²) >= 11 is 0. The Morgan fingerprint density at radius 3 is 2.19 bits per heavy atom. The molecule has 5 nitrogen and oxygen atoms in total. The monoisotopic (exact) mass is 302 g/mol. The molecule has 0 N–H and O–H groups in total. The van der Waals surface area contributed by atoms with Crippen molar-refractivity contribution in [3.05, 3.63) is 0 Å². The van der Waals surface area contributed by atoms with Gasteiger partial charge in [-0.2, -0.15) is 0 Å². The van der Waals surface area contributed by atoms with Gasteiger partial charge in [-0.25, -0.2) is 4.79 Å². The zero-order valence-electron chi connectivity index (χ0n) is 14.9. The van der Waals surface area contributed by atoms with Gasteiger partial charge in [0, 0.05) is 32.6 Å². The summed E-state index contributed by atoms with van der Waals surface area (Å²) in [5.74, 6) is 0.244. The van der Waals surface area contributed by atoms with E-state index in [1.54, 1.807) is 9.80 Å². The number of hydrogen-bond donors (Lipinski definition) is 0. The lowest BCUT2D eigenvalue weighted by Crippen LogP contribution is -2.34. The maximum absolute atomic E-state index is 12.0. The van der Waals surface area contributed by atoms with Crippen molar-refractivity contribution in [2.45, 2.75) is 53.9 Å². The summed E-state index contributed by atoms with van der Waals surface area (Å²) in [5, 5.41) is 0. The van der Waals surface area contributed by atoms with Gasteiger partial charge in [0.05, 0.1) is 7.11 Å². The van der Waals surface area contributed by atoms with E-state index in [1.165, 1.54) is 7.11 Å². The van der Waals surface area contributed by atoms with Crippen molar-refractivity contribution in [2.75, 3.05) is 33.8 Å². The lowest BCUT2D eigenvalue weighted by atomic mass is 9.99. The molecule has 21 heavy (non-hydrogen) atoms. The maximum Gasteiger partial charge on any atom is 0.409 e. The topological polar surface area (TPSA) is 49.9 Å². The Morgan fingerprint density at radius 1 is 1.14 bits per heavy atom. The number of methoxy groups -OCH3 is 1. The summed E-state index contributed by atoms with van der Waals surface area (Å²) in [6.07, 6.45) is 2.17. The SMILES string of the molecule is CC.CC.CCN(C)C(=O)C1CCCN(C(=O)OC)CC1.